The summed E-state index contributed by atoms with van der Waals surface area (Å²) in [6, 6.07) is 9.63. The predicted molar refractivity (Wildman–Crippen MR) is 79.9 cm³/mol. The van der Waals surface area contributed by atoms with Gasteiger partial charge < -0.3 is 10.0 Å². The van der Waals surface area contributed by atoms with Crippen molar-refractivity contribution in [2.24, 2.45) is 0 Å². The highest BCUT2D eigenvalue weighted by molar-refractivity contribution is 7.90. The second-order valence-corrected chi connectivity index (χ2v) is 7.06. The van der Waals surface area contributed by atoms with Crippen LogP contribution >= 0.6 is 0 Å². The van der Waals surface area contributed by atoms with Crippen molar-refractivity contribution in [2.75, 3.05) is 30.0 Å². The number of aliphatic carboxylic acids is 1. The van der Waals surface area contributed by atoms with E-state index in [1.54, 1.807) is 0 Å². The molecule has 0 spiro atoms. The SMILES string of the molecule is CS(=O)(=O)CCCN(CCCC(=O)O)c1ccccc1. The van der Waals surface area contributed by atoms with Crippen LogP contribution in [0.3, 0.4) is 0 Å². The summed E-state index contributed by atoms with van der Waals surface area (Å²) in [7, 11) is -2.96. The highest BCUT2D eigenvalue weighted by Crippen LogP contribution is 2.14. The van der Waals surface area contributed by atoms with Crippen molar-refractivity contribution in [3.8, 4) is 0 Å². The number of hydrogen-bond acceptors (Lipinski definition) is 4. The predicted octanol–water partition coefficient (Wildman–Crippen LogP) is 1.79. The van der Waals surface area contributed by atoms with Gasteiger partial charge in [-0.2, -0.15) is 0 Å². The molecule has 1 N–H and O–H groups in total. The van der Waals surface area contributed by atoms with Gasteiger partial charge in [-0.05, 0) is 25.0 Å². The summed E-state index contributed by atoms with van der Waals surface area (Å²) in [4.78, 5) is 12.6. The van der Waals surface area contributed by atoms with E-state index in [4.69, 9.17) is 5.11 Å². The maximum absolute atomic E-state index is 11.2. The molecule has 0 heterocycles. The third-order valence-electron chi connectivity index (χ3n) is 2.88. The van der Waals surface area contributed by atoms with Crippen LogP contribution in [0.4, 0.5) is 5.69 Å². The first kappa shape index (κ1) is 16.5. The van der Waals surface area contributed by atoms with E-state index in [2.05, 4.69) is 0 Å². The van der Waals surface area contributed by atoms with Gasteiger partial charge in [0.25, 0.3) is 0 Å². The Morgan fingerprint density at radius 3 is 2.30 bits per heavy atom. The zero-order chi connectivity index (χ0) is 15.0. The number of benzene rings is 1. The molecular weight excluding hydrogens is 278 g/mol. The molecule has 20 heavy (non-hydrogen) atoms. The lowest BCUT2D eigenvalue weighted by Crippen LogP contribution is -2.27. The Labute approximate surface area is 120 Å². The van der Waals surface area contributed by atoms with E-state index in [-0.39, 0.29) is 12.2 Å². The Kier molecular flexibility index (Phi) is 6.51. The van der Waals surface area contributed by atoms with Crippen molar-refractivity contribution in [1.82, 2.24) is 0 Å². The quantitative estimate of drug-likeness (QED) is 0.752. The zero-order valence-electron chi connectivity index (χ0n) is 11.7. The molecule has 0 amide bonds. The van der Waals surface area contributed by atoms with E-state index in [1.165, 1.54) is 6.26 Å². The third kappa shape index (κ3) is 7.13. The number of carbonyl (C=O) groups is 1. The van der Waals surface area contributed by atoms with E-state index < -0.39 is 15.8 Å². The normalized spacial score (nSPS) is 11.2. The standard InChI is InChI=1S/C14H21NO4S/c1-20(18,19)12-6-11-15(10-5-9-14(16)17)13-7-3-2-4-8-13/h2-4,7-8H,5-6,9-12H2,1H3,(H,16,17). The van der Waals surface area contributed by atoms with Crippen molar-refractivity contribution in [3.05, 3.63) is 30.3 Å². The maximum atomic E-state index is 11.2. The van der Waals surface area contributed by atoms with Crippen molar-refractivity contribution in [2.45, 2.75) is 19.3 Å². The van der Waals surface area contributed by atoms with Crippen molar-refractivity contribution in [3.63, 3.8) is 0 Å². The number of para-hydroxylation sites is 1. The van der Waals surface area contributed by atoms with Crippen LogP contribution in [0.5, 0.6) is 0 Å². The van der Waals surface area contributed by atoms with Crippen LogP contribution in [-0.2, 0) is 14.6 Å². The topological polar surface area (TPSA) is 74.7 Å². The zero-order valence-corrected chi connectivity index (χ0v) is 12.5. The average Bonchev–Trinajstić information content (AvgIpc) is 2.36. The summed E-state index contributed by atoms with van der Waals surface area (Å²) >= 11 is 0. The monoisotopic (exact) mass is 299 g/mol. The smallest absolute Gasteiger partial charge is 0.303 e. The van der Waals surface area contributed by atoms with Crippen LogP contribution in [0.2, 0.25) is 0 Å². The second-order valence-electron chi connectivity index (χ2n) is 4.80. The molecule has 6 heteroatoms. The van der Waals surface area contributed by atoms with Gasteiger partial charge in [-0.3, -0.25) is 4.79 Å². The molecule has 0 atom stereocenters. The first-order chi connectivity index (χ1) is 9.38. The molecule has 5 nitrogen and oxygen atoms in total. The highest BCUT2D eigenvalue weighted by Gasteiger charge is 2.09. The molecule has 0 unspecified atom stereocenters. The van der Waals surface area contributed by atoms with Crippen molar-refractivity contribution < 1.29 is 18.3 Å². The molecule has 0 radical (unpaired) electrons. The van der Waals surface area contributed by atoms with E-state index in [9.17, 15) is 13.2 Å². The summed E-state index contributed by atoms with van der Waals surface area (Å²) < 4.78 is 22.3. The van der Waals surface area contributed by atoms with Gasteiger partial charge in [0.1, 0.15) is 9.84 Å². The minimum atomic E-state index is -2.96. The number of hydrogen-bond donors (Lipinski definition) is 1. The first-order valence-corrected chi connectivity index (χ1v) is 8.64. The second kappa shape index (κ2) is 7.89. The molecule has 0 bridgehead atoms. The summed E-state index contributed by atoms with van der Waals surface area (Å²) in [6.07, 6.45) is 2.43. The van der Waals surface area contributed by atoms with E-state index in [0.717, 1.165) is 5.69 Å². The molecule has 0 saturated carbocycles. The van der Waals surface area contributed by atoms with Gasteiger partial charge in [0.2, 0.25) is 0 Å². The van der Waals surface area contributed by atoms with Crippen molar-refractivity contribution in [1.29, 1.82) is 0 Å². The Morgan fingerprint density at radius 1 is 1.15 bits per heavy atom. The summed E-state index contributed by atoms with van der Waals surface area (Å²) in [5.74, 6) is -0.663. The third-order valence-corrected chi connectivity index (χ3v) is 3.91. The lowest BCUT2D eigenvalue weighted by Gasteiger charge is -2.24. The lowest BCUT2D eigenvalue weighted by atomic mass is 10.2. The fourth-order valence-electron chi connectivity index (χ4n) is 1.95. The van der Waals surface area contributed by atoms with Gasteiger partial charge in [0.15, 0.2) is 0 Å². The summed E-state index contributed by atoms with van der Waals surface area (Å²) in [5.41, 5.74) is 0.992. The van der Waals surface area contributed by atoms with Crippen LogP contribution in [0, 0.1) is 0 Å². The number of nitrogens with zero attached hydrogens (tertiary/aromatic N) is 1. The molecule has 0 saturated heterocycles. The van der Waals surface area contributed by atoms with Crippen LogP contribution in [-0.4, -0.2) is 44.6 Å². The van der Waals surface area contributed by atoms with Gasteiger partial charge in [-0.15, -0.1) is 0 Å². The molecule has 0 aliphatic carbocycles. The average molecular weight is 299 g/mol. The molecule has 112 valence electrons. The van der Waals surface area contributed by atoms with Gasteiger partial charge in [-0.1, -0.05) is 18.2 Å². The molecule has 0 aromatic heterocycles. The van der Waals surface area contributed by atoms with Crippen molar-refractivity contribution >= 4 is 21.5 Å². The number of carboxylic acids is 1. The summed E-state index contributed by atoms with van der Waals surface area (Å²) in [6.45, 7) is 1.22. The van der Waals surface area contributed by atoms with Crippen LogP contribution in [0.1, 0.15) is 19.3 Å². The number of rotatable bonds is 9. The molecule has 0 aliphatic rings. The van der Waals surface area contributed by atoms with E-state index >= 15 is 0 Å². The minimum absolute atomic E-state index is 0.120. The lowest BCUT2D eigenvalue weighted by molar-refractivity contribution is -0.137. The molecule has 1 rings (SSSR count). The number of carboxylic acid groups (broad SMARTS) is 1. The Hall–Kier alpha value is -1.56. The Morgan fingerprint density at radius 2 is 1.75 bits per heavy atom. The van der Waals surface area contributed by atoms with Crippen LogP contribution in [0.15, 0.2) is 30.3 Å². The Bertz CT molecular complexity index is 513. The summed E-state index contributed by atoms with van der Waals surface area (Å²) in [5, 5.41) is 8.68. The van der Waals surface area contributed by atoms with Gasteiger partial charge in [-0.25, -0.2) is 8.42 Å². The maximum Gasteiger partial charge on any atom is 0.303 e. The molecule has 1 aromatic rings. The number of sulfone groups is 1. The first-order valence-electron chi connectivity index (χ1n) is 6.58. The Balaban J connectivity index is 2.57. The molecule has 0 aliphatic heterocycles. The van der Waals surface area contributed by atoms with E-state index in [0.29, 0.717) is 25.9 Å². The fraction of sp³-hybridized carbons (Fsp3) is 0.500. The largest absolute Gasteiger partial charge is 0.481 e. The molecule has 0 fully saturated rings. The highest BCUT2D eigenvalue weighted by atomic mass is 32.2. The van der Waals surface area contributed by atoms with E-state index in [1.807, 2.05) is 35.2 Å². The van der Waals surface area contributed by atoms with Crippen LogP contribution in [0.25, 0.3) is 0 Å². The van der Waals surface area contributed by atoms with Crippen LogP contribution < -0.4 is 4.90 Å². The van der Waals surface area contributed by atoms with Gasteiger partial charge in [0, 0.05) is 31.5 Å². The minimum Gasteiger partial charge on any atom is -0.481 e. The van der Waals surface area contributed by atoms with Gasteiger partial charge >= 0.3 is 5.97 Å². The molecule has 1 aromatic carbocycles. The van der Waals surface area contributed by atoms with Gasteiger partial charge in [0.05, 0.1) is 5.75 Å². The molecular formula is C14H21NO4S. The number of anilines is 1. The fourth-order valence-corrected chi connectivity index (χ4v) is 2.60.